The van der Waals surface area contributed by atoms with Crippen molar-refractivity contribution in [3.05, 3.63) is 75.4 Å². The predicted molar refractivity (Wildman–Crippen MR) is 98.0 cm³/mol. The minimum Gasteiger partial charge on any atom is -0.267 e. The highest BCUT2D eigenvalue weighted by Gasteiger charge is 2.11. The second-order valence-electron chi connectivity index (χ2n) is 5.17. The summed E-state index contributed by atoms with van der Waals surface area (Å²) in [7, 11) is 0. The molecule has 1 amide bonds. The van der Waals surface area contributed by atoms with Crippen molar-refractivity contribution in [1.82, 2.24) is 10.4 Å². The fourth-order valence-corrected chi connectivity index (χ4v) is 2.69. The summed E-state index contributed by atoms with van der Waals surface area (Å²) < 4.78 is 0. The van der Waals surface area contributed by atoms with Crippen LogP contribution in [-0.4, -0.2) is 17.1 Å². The quantitative estimate of drug-likeness (QED) is 0.549. The smallest absolute Gasteiger partial charge is 0.267 e. The molecule has 4 nitrogen and oxygen atoms in total. The number of carbonyl (C=O) groups excluding carboxylic acids is 1. The van der Waals surface area contributed by atoms with Crippen LogP contribution in [-0.2, 0) is 0 Å². The minimum absolute atomic E-state index is 0.314. The molecule has 0 atom stereocenters. The first-order valence-corrected chi connectivity index (χ1v) is 7.95. The summed E-state index contributed by atoms with van der Waals surface area (Å²) >= 11 is 12.0. The standard InChI is InChI=1S/C18H13Cl2N3O/c1-11-9-14(13-6-2-3-8-16(13)22-11)18(24)23-21-10-12-5-4-7-15(19)17(12)20/h2-10H,1H3,(H,23,24)/b21-10+. The molecule has 0 bridgehead atoms. The van der Waals surface area contributed by atoms with E-state index in [0.29, 0.717) is 21.2 Å². The minimum atomic E-state index is -0.314. The number of para-hydroxylation sites is 1. The van der Waals surface area contributed by atoms with Gasteiger partial charge in [0, 0.05) is 16.6 Å². The highest BCUT2D eigenvalue weighted by molar-refractivity contribution is 6.43. The predicted octanol–water partition coefficient (Wildman–Crippen LogP) is 4.61. The van der Waals surface area contributed by atoms with Crippen LogP contribution in [0, 0.1) is 6.92 Å². The van der Waals surface area contributed by atoms with E-state index in [4.69, 9.17) is 23.2 Å². The zero-order valence-corrected chi connectivity index (χ0v) is 14.3. The average molecular weight is 358 g/mol. The van der Waals surface area contributed by atoms with Crippen molar-refractivity contribution in [2.24, 2.45) is 5.10 Å². The topological polar surface area (TPSA) is 54.4 Å². The summed E-state index contributed by atoms with van der Waals surface area (Å²) in [5.41, 5.74) is 5.19. The van der Waals surface area contributed by atoms with Crippen LogP contribution in [0.25, 0.3) is 10.9 Å². The fourth-order valence-electron chi connectivity index (χ4n) is 2.34. The Bertz CT molecular complexity index is 954. The third-order valence-corrected chi connectivity index (χ3v) is 4.27. The second kappa shape index (κ2) is 6.99. The lowest BCUT2D eigenvalue weighted by Crippen LogP contribution is -2.18. The van der Waals surface area contributed by atoms with Gasteiger partial charge in [-0.25, -0.2) is 5.43 Å². The van der Waals surface area contributed by atoms with Crippen LogP contribution < -0.4 is 5.43 Å². The Hall–Kier alpha value is -2.43. The van der Waals surface area contributed by atoms with Gasteiger partial charge < -0.3 is 0 Å². The van der Waals surface area contributed by atoms with E-state index >= 15 is 0 Å². The number of carbonyl (C=O) groups is 1. The molecule has 1 N–H and O–H groups in total. The first-order valence-electron chi connectivity index (χ1n) is 7.20. The van der Waals surface area contributed by atoms with Gasteiger partial charge in [-0.1, -0.05) is 53.5 Å². The van der Waals surface area contributed by atoms with Crippen LogP contribution in [0.15, 0.2) is 53.6 Å². The van der Waals surface area contributed by atoms with Gasteiger partial charge in [0.25, 0.3) is 5.91 Å². The van der Waals surface area contributed by atoms with Crippen molar-refractivity contribution in [2.75, 3.05) is 0 Å². The lowest BCUT2D eigenvalue weighted by molar-refractivity contribution is 0.0956. The summed E-state index contributed by atoms with van der Waals surface area (Å²) in [6.07, 6.45) is 1.46. The van der Waals surface area contributed by atoms with Gasteiger partial charge in [0.2, 0.25) is 0 Å². The lowest BCUT2D eigenvalue weighted by atomic mass is 10.1. The number of amides is 1. The number of nitrogens with one attached hydrogen (secondary N) is 1. The van der Waals surface area contributed by atoms with E-state index in [2.05, 4.69) is 15.5 Å². The molecule has 24 heavy (non-hydrogen) atoms. The van der Waals surface area contributed by atoms with Gasteiger partial charge in [-0.05, 0) is 25.1 Å². The molecular weight excluding hydrogens is 345 g/mol. The Morgan fingerprint density at radius 2 is 1.96 bits per heavy atom. The third kappa shape index (κ3) is 3.40. The van der Waals surface area contributed by atoms with E-state index in [0.717, 1.165) is 16.6 Å². The molecule has 0 fully saturated rings. The summed E-state index contributed by atoms with van der Waals surface area (Å²) in [6, 6.07) is 14.4. The number of pyridine rings is 1. The van der Waals surface area contributed by atoms with Crippen LogP contribution in [0.2, 0.25) is 10.0 Å². The van der Waals surface area contributed by atoms with Gasteiger partial charge in [0.05, 0.1) is 27.3 Å². The fraction of sp³-hybridized carbons (Fsp3) is 0.0556. The van der Waals surface area contributed by atoms with Gasteiger partial charge in [0.15, 0.2) is 0 Å². The van der Waals surface area contributed by atoms with E-state index in [1.165, 1.54) is 6.21 Å². The van der Waals surface area contributed by atoms with E-state index in [1.807, 2.05) is 31.2 Å². The molecule has 1 aromatic heterocycles. The van der Waals surface area contributed by atoms with Crippen LogP contribution in [0.1, 0.15) is 21.6 Å². The lowest BCUT2D eigenvalue weighted by Gasteiger charge is -2.06. The van der Waals surface area contributed by atoms with Crippen LogP contribution >= 0.6 is 23.2 Å². The van der Waals surface area contributed by atoms with Gasteiger partial charge in [-0.2, -0.15) is 5.10 Å². The largest absolute Gasteiger partial charge is 0.272 e. The SMILES string of the molecule is Cc1cc(C(=O)N/N=C/c2cccc(Cl)c2Cl)c2ccccc2n1. The Labute approximate surface area is 149 Å². The van der Waals surface area contributed by atoms with E-state index in [1.54, 1.807) is 24.3 Å². The van der Waals surface area contributed by atoms with Crippen LogP contribution in [0.5, 0.6) is 0 Å². The van der Waals surface area contributed by atoms with E-state index in [-0.39, 0.29) is 5.91 Å². The first-order chi connectivity index (χ1) is 11.6. The number of hydrazone groups is 1. The molecule has 0 unspecified atom stereocenters. The van der Waals surface area contributed by atoms with Crippen LogP contribution in [0.3, 0.4) is 0 Å². The number of benzene rings is 2. The molecule has 3 rings (SSSR count). The monoisotopic (exact) mass is 357 g/mol. The van der Waals surface area contributed by atoms with Crippen molar-refractivity contribution < 1.29 is 4.79 Å². The third-order valence-electron chi connectivity index (χ3n) is 3.44. The Kier molecular flexibility index (Phi) is 4.79. The van der Waals surface area contributed by atoms with Crippen LogP contribution in [0.4, 0.5) is 0 Å². The van der Waals surface area contributed by atoms with Gasteiger partial charge in [0.1, 0.15) is 0 Å². The van der Waals surface area contributed by atoms with Gasteiger partial charge >= 0.3 is 0 Å². The number of nitrogens with zero attached hydrogens (tertiary/aromatic N) is 2. The molecule has 1 heterocycles. The van der Waals surface area contributed by atoms with Crippen molar-refractivity contribution in [3.8, 4) is 0 Å². The number of hydrogen-bond acceptors (Lipinski definition) is 3. The number of aromatic nitrogens is 1. The summed E-state index contributed by atoms with van der Waals surface area (Å²) in [5.74, 6) is -0.314. The maximum absolute atomic E-state index is 12.4. The van der Waals surface area contributed by atoms with Crippen molar-refractivity contribution in [2.45, 2.75) is 6.92 Å². The number of aryl methyl sites for hydroxylation is 1. The normalized spacial score (nSPS) is 11.1. The van der Waals surface area contributed by atoms with Gasteiger partial charge in [-0.3, -0.25) is 9.78 Å². The molecule has 6 heteroatoms. The van der Waals surface area contributed by atoms with Gasteiger partial charge in [-0.15, -0.1) is 0 Å². The molecular formula is C18H13Cl2N3O. The zero-order valence-electron chi connectivity index (χ0n) is 12.8. The molecule has 0 aliphatic carbocycles. The molecule has 0 saturated heterocycles. The van der Waals surface area contributed by atoms with E-state index in [9.17, 15) is 4.79 Å². The summed E-state index contributed by atoms with van der Waals surface area (Å²) in [5, 5.41) is 5.57. The number of halogens is 2. The molecule has 2 aromatic carbocycles. The number of hydrogen-bond donors (Lipinski definition) is 1. The highest BCUT2D eigenvalue weighted by atomic mass is 35.5. The first kappa shape index (κ1) is 16.4. The van der Waals surface area contributed by atoms with E-state index < -0.39 is 0 Å². The Morgan fingerprint density at radius 1 is 1.17 bits per heavy atom. The molecule has 120 valence electrons. The maximum atomic E-state index is 12.4. The number of fused-ring (bicyclic) bond motifs is 1. The van der Waals surface area contributed by atoms with Crippen molar-refractivity contribution in [3.63, 3.8) is 0 Å². The molecule has 3 aromatic rings. The molecule has 0 spiro atoms. The molecule has 0 saturated carbocycles. The van der Waals surface area contributed by atoms with Crippen molar-refractivity contribution in [1.29, 1.82) is 0 Å². The maximum Gasteiger partial charge on any atom is 0.272 e. The molecule has 0 aliphatic rings. The molecule has 0 aliphatic heterocycles. The zero-order chi connectivity index (χ0) is 17.1. The Balaban J connectivity index is 1.86. The van der Waals surface area contributed by atoms with Crippen molar-refractivity contribution >= 4 is 46.2 Å². The molecule has 0 radical (unpaired) electrons. The second-order valence-corrected chi connectivity index (χ2v) is 5.96. The Morgan fingerprint density at radius 3 is 2.79 bits per heavy atom. The summed E-state index contributed by atoms with van der Waals surface area (Å²) in [6.45, 7) is 1.85. The average Bonchev–Trinajstić information content (AvgIpc) is 2.57. The summed E-state index contributed by atoms with van der Waals surface area (Å²) in [4.78, 5) is 16.9. The highest BCUT2D eigenvalue weighted by Crippen LogP contribution is 2.24. The number of rotatable bonds is 3.